The summed E-state index contributed by atoms with van der Waals surface area (Å²) < 4.78 is 31.5. The molecule has 0 atom stereocenters. The van der Waals surface area contributed by atoms with Crippen molar-refractivity contribution >= 4 is 15.8 Å². The fraction of sp³-hybridized carbons (Fsp3) is 0.190. The zero-order valence-electron chi connectivity index (χ0n) is 16.0. The van der Waals surface area contributed by atoms with Crippen molar-refractivity contribution in [2.75, 3.05) is 5.75 Å². The molecule has 148 valence electrons. The van der Waals surface area contributed by atoms with Crippen molar-refractivity contribution in [2.45, 2.75) is 25.3 Å². The van der Waals surface area contributed by atoms with Crippen LogP contribution in [0.2, 0.25) is 0 Å². The highest BCUT2D eigenvalue weighted by atomic mass is 32.2. The molecule has 0 fully saturated rings. The van der Waals surface area contributed by atoms with Crippen LogP contribution >= 0.6 is 0 Å². The minimum absolute atomic E-state index is 0.0321. The van der Waals surface area contributed by atoms with Crippen molar-refractivity contribution in [2.24, 2.45) is 0 Å². The van der Waals surface area contributed by atoms with Crippen LogP contribution in [0.3, 0.4) is 0 Å². The molecule has 1 aromatic heterocycles. The highest BCUT2D eigenvalue weighted by Gasteiger charge is 2.23. The second kappa shape index (κ2) is 8.29. The van der Waals surface area contributed by atoms with Crippen molar-refractivity contribution in [1.29, 1.82) is 5.26 Å². The summed E-state index contributed by atoms with van der Waals surface area (Å²) in [6, 6.07) is 17.2. The maximum atomic E-state index is 12.7. The number of ether oxygens (including phenoxy) is 1. The fourth-order valence-electron chi connectivity index (χ4n) is 2.91. The van der Waals surface area contributed by atoms with E-state index in [1.165, 1.54) is 19.1 Å². The first-order valence-corrected chi connectivity index (χ1v) is 10.6. The van der Waals surface area contributed by atoms with Crippen molar-refractivity contribution in [3.8, 4) is 11.8 Å². The van der Waals surface area contributed by atoms with Gasteiger partial charge in [0.2, 0.25) is 0 Å². The van der Waals surface area contributed by atoms with E-state index in [4.69, 9.17) is 4.74 Å². The summed E-state index contributed by atoms with van der Waals surface area (Å²) >= 11 is 0. The molecule has 1 heterocycles. The van der Waals surface area contributed by atoms with E-state index in [1.54, 1.807) is 23.7 Å². The van der Waals surface area contributed by atoms with Crippen LogP contribution in [0, 0.1) is 18.3 Å². The van der Waals surface area contributed by atoms with Crippen LogP contribution in [0.25, 0.3) is 5.69 Å². The molecule has 0 saturated carbocycles. The molecule has 7 nitrogen and oxygen atoms in total. The zero-order valence-corrected chi connectivity index (χ0v) is 16.8. The van der Waals surface area contributed by atoms with Gasteiger partial charge in [-0.2, -0.15) is 10.4 Å². The van der Waals surface area contributed by atoms with Crippen LogP contribution in [0.5, 0.6) is 0 Å². The molecule has 0 aliphatic rings. The molecule has 0 aliphatic heterocycles. The van der Waals surface area contributed by atoms with E-state index in [-0.39, 0.29) is 22.8 Å². The molecule has 29 heavy (non-hydrogen) atoms. The molecule has 0 aliphatic carbocycles. The molecule has 3 aromatic rings. The third-order valence-corrected chi connectivity index (χ3v) is 6.22. The first-order chi connectivity index (χ1) is 13.9. The third kappa shape index (κ3) is 4.05. The normalized spacial score (nSPS) is 11.1. The fourth-order valence-corrected chi connectivity index (χ4v) is 3.99. The summed E-state index contributed by atoms with van der Waals surface area (Å²) in [4.78, 5) is 12.6. The number of esters is 1. The van der Waals surface area contributed by atoms with E-state index < -0.39 is 15.8 Å². The van der Waals surface area contributed by atoms with Gasteiger partial charge in [0.25, 0.3) is 0 Å². The predicted octanol–water partition coefficient (Wildman–Crippen LogP) is 3.20. The summed E-state index contributed by atoms with van der Waals surface area (Å²) in [7, 11) is -3.59. The molecular weight excluding hydrogens is 390 g/mol. The minimum atomic E-state index is -3.59. The first-order valence-electron chi connectivity index (χ1n) is 8.92. The Morgan fingerprint density at radius 1 is 1.14 bits per heavy atom. The molecule has 0 amide bonds. The largest absolute Gasteiger partial charge is 0.455 e. The molecular formula is C21H19N3O4S. The molecule has 2 aromatic carbocycles. The summed E-state index contributed by atoms with van der Waals surface area (Å²) in [6.45, 7) is 2.99. The molecule has 0 radical (unpaired) electrons. The van der Waals surface area contributed by atoms with E-state index in [0.717, 1.165) is 5.69 Å². The Bertz CT molecular complexity index is 1190. The van der Waals surface area contributed by atoms with E-state index in [2.05, 4.69) is 11.2 Å². The number of sulfone groups is 1. The number of aromatic nitrogens is 2. The Kier molecular flexibility index (Phi) is 5.80. The Labute approximate surface area is 169 Å². The number of rotatable bonds is 6. The Morgan fingerprint density at radius 3 is 2.45 bits per heavy atom. The van der Waals surface area contributed by atoms with Gasteiger partial charge in [-0.25, -0.2) is 17.9 Å². The van der Waals surface area contributed by atoms with Crippen molar-refractivity contribution in [3.05, 3.63) is 77.1 Å². The van der Waals surface area contributed by atoms with E-state index in [9.17, 15) is 18.5 Å². The molecule has 0 saturated heterocycles. The maximum Gasteiger partial charge on any atom is 0.339 e. The Hall–Kier alpha value is -3.44. The van der Waals surface area contributed by atoms with E-state index in [1.807, 2.05) is 30.3 Å². The minimum Gasteiger partial charge on any atom is -0.455 e. The van der Waals surface area contributed by atoms with Gasteiger partial charge in [-0.3, -0.25) is 0 Å². The number of carbonyl (C=O) groups is 1. The van der Waals surface area contributed by atoms with E-state index >= 15 is 0 Å². The van der Waals surface area contributed by atoms with Crippen LogP contribution in [-0.4, -0.2) is 29.9 Å². The van der Waals surface area contributed by atoms with Gasteiger partial charge in [-0.15, -0.1) is 0 Å². The molecule has 0 unspecified atom stereocenters. The zero-order chi connectivity index (χ0) is 21.0. The van der Waals surface area contributed by atoms with Gasteiger partial charge in [-0.05, 0) is 31.2 Å². The van der Waals surface area contributed by atoms with Crippen LogP contribution < -0.4 is 0 Å². The maximum absolute atomic E-state index is 12.7. The van der Waals surface area contributed by atoms with Gasteiger partial charge >= 0.3 is 5.97 Å². The smallest absolute Gasteiger partial charge is 0.339 e. The lowest BCUT2D eigenvalue weighted by molar-refractivity contribution is 0.0460. The number of nitrogens with zero attached hydrogens (tertiary/aromatic N) is 3. The van der Waals surface area contributed by atoms with Crippen LogP contribution in [0.15, 0.2) is 59.5 Å². The first kappa shape index (κ1) is 20.3. The van der Waals surface area contributed by atoms with Crippen LogP contribution in [-0.2, 0) is 21.2 Å². The second-order valence-electron chi connectivity index (χ2n) is 6.24. The van der Waals surface area contributed by atoms with Crippen molar-refractivity contribution in [3.63, 3.8) is 0 Å². The molecule has 8 heteroatoms. The molecule has 0 bridgehead atoms. The lowest BCUT2D eigenvalue weighted by atomic mass is 10.2. The lowest BCUT2D eigenvalue weighted by Crippen LogP contribution is -2.14. The monoisotopic (exact) mass is 409 g/mol. The lowest BCUT2D eigenvalue weighted by Gasteiger charge is -2.11. The predicted molar refractivity (Wildman–Crippen MR) is 106 cm³/mol. The highest BCUT2D eigenvalue weighted by molar-refractivity contribution is 7.91. The number of hydrogen-bond donors (Lipinski definition) is 0. The van der Waals surface area contributed by atoms with Crippen LogP contribution in [0.1, 0.15) is 34.2 Å². The Morgan fingerprint density at radius 2 is 1.79 bits per heavy atom. The van der Waals surface area contributed by atoms with Crippen molar-refractivity contribution in [1.82, 2.24) is 9.78 Å². The van der Waals surface area contributed by atoms with Crippen molar-refractivity contribution < 1.29 is 17.9 Å². The summed E-state index contributed by atoms with van der Waals surface area (Å²) in [6.07, 6.45) is 0. The van der Waals surface area contributed by atoms with Gasteiger partial charge < -0.3 is 4.74 Å². The molecule has 0 spiro atoms. The topological polar surface area (TPSA) is 102 Å². The van der Waals surface area contributed by atoms with Gasteiger partial charge in [0, 0.05) is 0 Å². The quantitative estimate of drug-likeness (QED) is 0.579. The van der Waals surface area contributed by atoms with Gasteiger partial charge in [0.15, 0.2) is 9.84 Å². The summed E-state index contributed by atoms with van der Waals surface area (Å²) in [5, 5.41) is 13.9. The highest BCUT2D eigenvalue weighted by Crippen LogP contribution is 2.22. The Balaban J connectivity index is 1.94. The van der Waals surface area contributed by atoms with Crippen LogP contribution in [0.4, 0.5) is 0 Å². The second-order valence-corrected chi connectivity index (χ2v) is 8.49. The van der Waals surface area contributed by atoms with Gasteiger partial charge in [0.05, 0.1) is 33.3 Å². The summed E-state index contributed by atoms with van der Waals surface area (Å²) in [5.74, 6) is -0.907. The average Bonchev–Trinajstić information content (AvgIpc) is 3.07. The SMILES string of the molecule is CCS(=O)(=O)c1ccccc1C(=O)OCc1c(C#N)c(C)nn1-c1ccccc1. The number of aryl methyl sites for hydroxylation is 1. The average molecular weight is 409 g/mol. The number of carbonyl (C=O) groups excluding carboxylic acids is 1. The number of nitriles is 1. The molecule has 0 N–H and O–H groups in total. The summed E-state index contributed by atoms with van der Waals surface area (Å²) in [5.41, 5.74) is 1.93. The standard InChI is InChI=1S/C21H19N3O4S/c1-3-29(26,27)20-12-8-7-11-17(20)21(25)28-14-19-18(13-22)15(2)23-24(19)16-9-5-4-6-10-16/h4-12H,3,14H2,1-2H3. The number of hydrogen-bond acceptors (Lipinski definition) is 6. The number of para-hydroxylation sites is 1. The van der Waals surface area contributed by atoms with E-state index in [0.29, 0.717) is 17.0 Å². The third-order valence-electron chi connectivity index (χ3n) is 4.43. The molecule has 3 rings (SSSR count). The van der Waals surface area contributed by atoms with Gasteiger partial charge in [0.1, 0.15) is 18.2 Å². The number of benzene rings is 2. The van der Waals surface area contributed by atoms with Gasteiger partial charge in [-0.1, -0.05) is 37.3 Å².